The summed E-state index contributed by atoms with van der Waals surface area (Å²) in [7, 11) is 0.860. The van der Waals surface area contributed by atoms with E-state index in [4.69, 9.17) is 0 Å². The number of benzene rings is 1. The largest absolute Gasteiger partial charge is 0.356 e. The molecule has 2 heterocycles. The van der Waals surface area contributed by atoms with Gasteiger partial charge < -0.3 is 9.80 Å². The van der Waals surface area contributed by atoms with Crippen molar-refractivity contribution in [2.45, 2.75) is 65.5 Å². The zero-order chi connectivity index (χ0) is 24.4. The van der Waals surface area contributed by atoms with Crippen LogP contribution in [0.5, 0.6) is 0 Å². The summed E-state index contributed by atoms with van der Waals surface area (Å²) in [4.78, 5) is 26.5. The highest BCUT2D eigenvalue weighted by molar-refractivity contribution is 7.83. The molecule has 1 amide bonds. The van der Waals surface area contributed by atoms with Crippen LogP contribution < -0.4 is 9.62 Å². The average molecular weight is 484 g/mol. The van der Waals surface area contributed by atoms with E-state index in [0.29, 0.717) is 17.2 Å². The smallest absolute Gasteiger partial charge is 0.253 e. The number of aromatic nitrogens is 2. The van der Waals surface area contributed by atoms with Crippen LogP contribution in [0.25, 0.3) is 0 Å². The molecule has 7 nitrogen and oxygen atoms in total. The SMILES string of the molecule is Cc1cc(N2CCC(N(C)C(=O)c3ccc4c(c3)C(NS(=O)CC(C)C)CC4)CC2)nc(C)n1. The van der Waals surface area contributed by atoms with Crippen LogP contribution in [0.1, 0.15) is 72.2 Å². The molecule has 0 bridgehead atoms. The van der Waals surface area contributed by atoms with Crippen LogP contribution in [0.4, 0.5) is 5.82 Å². The molecule has 1 saturated heterocycles. The Morgan fingerprint density at radius 2 is 1.91 bits per heavy atom. The van der Waals surface area contributed by atoms with Crippen molar-refractivity contribution in [1.82, 2.24) is 19.6 Å². The van der Waals surface area contributed by atoms with Crippen molar-refractivity contribution in [1.29, 1.82) is 0 Å². The molecule has 0 radical (unpaired) electrons. The van der Waals surface area contributed by atoms with E-state index in [1.165, 1.54) is 5.56 Å². The molecule has 8 heteroatoms. The highest BCUT2D eigenvalue weighted by atomic mass is 32.2. The van der Waals surface area contributed by atoms with Gasteiger partial charge in [-0.15, -0.1) is 0 Å². The maximum absolute atomic E-state index is 13.4. The van der Waals surface area contributed by atoms with Gasteiger partial charge in [0.15, 0.2) is 0 Å². The fourth-order valence-electron chi connectivity index (χ4n) is 5.08. The zero-order valence-electron chi connectivity index (χ0n) is 21.0. The Bertz CT molecular complexity index is 1040. The number of anilines is 1. The van der Waals surface area contributed by atoms with Crippen molar-refractivity contribution in [2.75, 3.05) is 30.8 Å². The van der Waals surface area contributed by atoms with E-state index in [-0.39, 0.29) is 18.0 Å². The fraction of sp³-hybridized carbons (Fsp3) is 0.577. The van der Waals surface area contributed by atoms with E-state index in [1.807, 2.05) is 44.0 Å². The second-order valence-corrected chi connectivity index (χ2v) is 11.3. The maximum atomic E-state index is 13.4. The summed E-state index contributed by atoms with van der Waals surface area (Å²) in [6.07, 6.45) is 3.70. The Kier molecular flexibility index (Phi) is 7.67. The van der Waals surface area contributed by atoms with E-state index in [1.54, 1.807) is 0 Å². The van der Waals surface area contributed by atoms with Crippen molar-refractivity contribution in [2.24, 2.45) is 5.92 Å². The molecule has 2 aliphatic rings. The first-order valence-electron chi connectivity index (χ1n) is 12.3. The van der Waals surface area contributed by atoms with Crippen LogP contribution in [0.2, 0.25) is 0 Å². The summed E-state index contributed by atoms with van der Waals surface area (Å²) < 4.78 is 15.7. The molecule has 34 heavy (non-hydrogen) atoms. The number of hydrogen-bond donors (Lipinski definition) is 1. The van der Waals surface area contributed by atoms with Crippen molar-refractivity contribution in [3.63, 3.8) is 0 Å². The van der Waals surface area contributed by atoms with Gasteiger partial charge in [-0.3, -0.25) is 4.79 Å². The van der Waals surface area contributed by atoms with Crippen LogP contribution in [0.15, 0.2) is 24.3 Å². The first-order valence-corrected chi connectivity index (χ1v) is 13.6. The van der Waals surface area contributed by atoms with Gasteiger partial charge >= 0.3 is 0 Å². The lowest BCUT2D eigenvalue weighted by molar-refractivity contribution is 0.0709. The monoisotopic (exact) mass is 483 g/mol. The van der Waals surface area contributed by atoms with Gasteiger partial charge in [-0.05, 0) is 68.7 Å². The Labute approximate surface area is 205 Å². The van der Waals surface area contributed by atoms with E-state index in [0.717, 1.165) is 61.7 Å². The molecule has 1 aliphatic heterocycles. The number of carbonyl (C=O) groups is 1. The number of piperidine rings is 1. The molecule has 184 valence electrons. The Morgan fingerprint density at radius 3 is 2.59 bits per heavy atom. The Balaban J connectivity index is 1.40. The van der Waals surface area contributed by atoms with Gasteiger partial charge in [-0.1, -0.05) is 19.9 Å². The van der Waals surface area contributed by atoms with Crippen molar-refractivity contribution in [3.05, 3.63) is 52.5 Å². The third kappa shape index (κ3) is 5.66. The molecule has 2 aromatic rings. The zero-order valence-corrected chi connectivity index (χ0v) is 21.8. The molecule has 0 spiro atoms. The Hall–Kier alpha value is -2.32. The normalized spacial score (nSPS) is 19.4. The van der Waals surface area contributed by atoms with E-state index >= 15 is 0 Å². The summed E-state index contributed by atoms with van der Waals surface area (Å²) in [5, 5.41) is 0. The first kappa shape index (κ1) is 24.8. The molecule has 2 unspecified atom stereocenters. The number of hydrogen-bond acceptors (Lipinski definition) is 5. The lowest BCUT2D eigenvalue weighted by Gasteiger charge is -2.37. The number of fused-ring (bicyclic) bond motifs is 1. The quantitative estimate of drug-likeness (QED) is 0.649. The van der Waals surface area contributed by atoms with Gasteiger partial charge in [0.1, 0.15) is 11.6 Å². The number of nitrogens with one attached hydrogen (secondary N) is 1. The standard InChI is InChI=1S/C26H37N5O2S/c1-17(2)16-34(33)29-24-9-8-20-6-7-21(15-23(20)24)26(32)30(5)22-10-12-31(13-11-22)25-14-18(3)27-19(4)28-25/h6-7,14-15,17,22,24,29H,8-13,16H2,1-5H3. The molecule has 1 aromatic heterocycles. The van der Waals surface area contributed by atoms with Crippen molar-refractivity contribution >= 4 is 22.7 Å². The molecular weight excluding hydrogens is 446 g/mol. The molecule has 1 aromatic carbocycles. The van der Waals surface area contributed by atoms with Crippen LogP contribution >= 0.6 is 0 Å². The molecule has 1 fully saturated rings. The summed E-state index contributed by atoms with van der Waals surface area (Å²) in [5.74, 6) is 2.85. The van der Waals surface area contributed by atoms with Gasteiger partial charge in [-0.2, -0.15) is 0 Å². The van der Waals surface area contributed by atoms with E-state index in [9.17, 15) is 9.00 Å². The number of carbonyl (C=O) groups excluding carboxylic acids is 1. The first-order chi connectivity index (χ1) is 16.2. The predicted molar refractivity (Wildman–Crippen MR) is 137 cm³/mol. The second-order valence-electron chi connectivity index (χ2n) is 10.1. The predicted octanol–water partition coefficient (Wildman–Crippen LogP) is 3.73. The van der Waals surface area contributed by atoms with Gasteiger partial charge in [0.2, 0.25) is 0 Å². The minimum absolute atomic E-state index is 0.0515. The van der Waals surface area contributed by atoms with Crippen LogP contribution in [-0.2, 0) is 17.4 Å². The minimum atomic E-state index is -1.06. The third-order valence-electron chi connectivity index (χ3n) is 6.84. The average Bonchev–Trinajstić information content (AvgIpc) is 3.18. The minimum Gasteiger partial charge on any atom is -0.356 e. The summed E-state index contributed by atoms with van der Waals surface area (Å²) in [6, 6.07) is 8.33. The highest BCUT2D eigenvalue weighted by Gasteiger charge is 2.29. The molecule has 0 saturated carbocycles. The van der Waals surface area contributed by atoms with Gasteiger partial charge in [0.05, 0.1) is 11.0 Å². The highest BCUT2D eigenvalue weighted by Crippen LogP contribution is 2.33. The molecule has 1 aliphatic carbocycles. The summed E-state index contributed by atoms with van der Waals surface area (Å²) in [6.45, 7) is 9.82. The lowest BCUT2D eigenvalue weighted by Crippen LogP contribution is -2.46. The molecular formula is C26H37N5O2S. The van der Waals surface area contributed by atoms with Gasteiger partial charge in [0.25, 0.3) is 5.91 Å². The summed E-state index contributed by atoms with van der Waals surface area (Å²) >= 11 is 0. The summed E-state index contributed by atoms with van der Waals surface area (Å²) in [5.41, 5.74) is 4.08. The molecule has 4 rings (SSSR count). The van der Waals surface area contributed by atoms with E-state index in [2.05, 4.69) is 39.5 Å². The lowest BCUT2D eigenvalue weighted by atomic mass is 10.0. The van der Waals surface area contributed by atoms with E-state index < -0.39 is 11.0 Å². The molecule has 1 N–H and O–H groups in total. The number of amides is 1. The number of aryl methyl sites for hydroxylation is 3. The van der Waals surface area contributed by atoms with Crippen molar-refractivity contribution in [3.8, 4) is 0 Å². The second kappa shape index (κ2) is 10.5. The Morgan fingerprint density at radius 1 is 1.18 bits per heavy atom. The number of rotatable bonds is 7. The fourth-order valence-corrected chi connectivity index (χ4v) is 6.34. The third-order valence-corrected chi connectivity index (χ3v) is 8.35. The maximum Gasteiger partial charge on any atom is 0.253 e. The topological polar surface area (TPSA) is 78.4 Å². The van der Waals surface area contributed by atoms with Crippen molar-refractivity contribution < 1.29 is 9.00 Å². The molecule has 2 atom stereocenters. The van der Waals surface area contributed by atoms with Gasteiger partial charge in [-0.25, -0.2) is 18.9 Å². The van der Waals surface area contributed by atoms with Crippen LogP contribution in [-0.4, -0.2) is 56.9 Å². The van der Waals surface area contributed by atoms with Crippen LogP contribution in [0.3, 0.4) is 0 Å². The van der Waals surface area contributed by atoms with Crippen LogP contribution in [0, 0.1) is 19.8 Å². The number of nitrogens with zero attached hydrogens (tertiary/aromatic N) is 4. The van der Waals surface area contributed by atoms with Gasteiger partial charge in [0, 0.05) is 55.3 Å².